The zero-order chi connectivity index (χ0) is 39.0. The molecular formula is C43H57N4O5S+. The molecule has 0 saturated heterocycles. The maximum atomic E-state index is 12.4. The highest BCUT2D eigenvalue weighted by Gasteiger charge is 2.33. The number of hydrogen-bond donors (Lipinski definition) is 2. The highest BCUT2D eigenvalue weighted by molar-refractivity contribution is 8.00. The van der Waals surface area contributed by atoms with Gasteiger partial charge in [0.25, 0.3) is 0 Å². The van der Waals surface area contributed by atoms with Crippen molar-refractivity contribution < 1.29 is 29.0 Å². The molecule has 0 aliphatic carbocycles. The first-order chi connectivity index (χ1) is 24.9. The van der Waals surface area contributed by atoms with Gasteiger partial charge in [0, 0.05) is 63.2 Å². The lowest BCUT2D eigenvalue weighted by Crippen LogP contribution is -2.36. The van der Waals surface area contributed by atoms with E-state index in [2.05, 4.69) is 92.8 Å². The standard InChI is InChI=1S/C38H43N3O4S.C5H14NO/c1-8-44-34-18-14-28(22-40-34)27-12-10-26(11-13-27)23-41-32-17-16-30(45-24-29-15-9-25(2)21-39-29)19-31(32)35(46-37(3,4)5)33(41)20-38(6,7)36(42)43;1-6(2,3)4-5-7/h9-19,21-22H,8,20,23-24H2,1-7H3,(H,42,43);7H,4-5H2,1-3H3/q;+1. The summed E-state index contributed by atoms with van der Waals surface area (Å²) in [5, 5.41) is 19.6. The molecule has 0 atom stereocenters. The number of benzene rings is 2. The number of pyridine rings is 2. The van der Waals surface area contributed by atoms with Crippen LogP contribution in [0.15, 0.2) is 84.0 Å². The van der Waals surface area contributed by atoms with Gasteiger partial charge in [-0.25, -0.2) is 4.98 Å². The maximum Gasteiger partial charge on any atom is 0.309 e. The Morgan fingerprint density at radius 3 is 2.11 bits per heavy atom. The van der Waals surface area contributed by atoms with Crippen molar-refractivity contribution in [1.29, 1.82) is 0 Å². The van der Waals surface area contributed by atoms with E-state index in [1.54, 1.807) is 25.6 Å². The van der Waals surface area contributed by atoms with Crippen molar-refractivity contribution in [1.82, 2.24) is 14.5 Å². The molecule has 3 aromatic heterocycles. The number of carbonyl (C=O) groups is 1. The Morgan fingerprint density at radius 1 is 0.887 bits per heavy atom. The topological polar surface area (TPSA) is 107 Å². The number of aliphatic hydroxyl groups is 1. The Balaban J connectivity index is 0.000000815. The molecule has 5 aromatic rings. The van der Waals surface area contributed by atoms with Crippen LogP contribution in [-0.4, -0.2) is 80.8 Å². The van der Waals surface area contributed by atoms with Gasteiger partial charge in [-0.3, -0.25) is 9.78 Å². The lowest BCUT2D eigenvalue weighted by molar-refractivity contribution is -0.870. The number of likely N-dealkylation sites (N-methyl/N-ethyl adjacent to an activating group) is 1. The Labute approximate surface area is 319 Å². The van der Waals surface area contributed by atoms with Gasteiger partial charge in [-0.1, -0.05) is 51.1 Å². The molecule has 0 spiro atoms. The molecule has 0 unspecified atom stereocenters. The molecule has 284 valence electrons. The van der Waals surface area contributed by atoms with Gasteiger partial charge in [-0.2, -0.15) is 0 Å². The van der Waals surface area contributed by atoms with Crippen molar-refractivity contribution in [3.63, 3.8) is 0 Å². The second kappa shape index (κ2) is 17.6. The van der Waals surface area contributed by atoms with E-state index in [1.807, 2.05) is 56.6 Å². The number of rotatable bonds is 14. The number of nitrogens with zero attached hydrogens (tertiary/aromatic N) is 4. The minimum Gasteiger partial charge on any atom is -0.487 e. The number of hydrogen-bond acceptors (Lipinski definition) is 7. The number of thioether (sulfide) groups is 1. The van der Waals surface area contributed by atoms with E-state index in [0.717, 1.165) is 66.2 Å². The Hall–Kier alpha value is -4.38. The van der Waals surface area contributed by atoms with Gasteiger partial charge < -0.3 is 28.7 Å². The molecule has 53 heavy (non-hydrogen) atoms. The average Bonchev–Trinajstić information content (AvgIpc) is 3.34. The summed E-state index contributed by atoms with van der Waals surface area (Å²) in [4.78, 5) is 22.4. The van der Waals surface area contributed by atoms with Gasteiger partial charge in [-0.05, 0) is 74.7 Å². The Morgan fingerprint density at radius 2 is 1.58 bits per heavy atom. The normalized spacial score (nSPS) is 12.0. The molecule has 0 aliphatic heterocycles. The molecule has 0 aliphatic rings. The summed E-state index contributed by atoms with van der Waals surface area (Å²) in [5.41, 5.74) is 6.27. The minimum absolute atomic E-state index is 0.0999. The molecule has 3 heterocycles. The third-order valence-electron chi connectivity index (χ3n) is 8.47. The van der Waals surface area contributed by atoms with Crippen LogP contribution in [0.25, 0.3) is 22.0 Å². The van der Waals surface area contributed by atoms with Crippen LogP contribution in [0.2, 0.25) is 0 Å². The molecule has 0 saturated carbocycles. The third kappa shape index (κ3) is 12.1. The first-order valence-electron chi connectivity index (χ1n) is 18.1. The number of fused-ring (bicyclic) bond motifs is 1. The van der Waals surface area contributed by atoms with E-state index in [1.165, 1.54) is 0 Å². The molecule has 2 aromatic carbocycles. The number of aliphatic carboxylic acids is 1. The second-order valence-electron chi connectivity index (χ2n) is 16.0. The molecule has 9 nitrogen and oxygen atoms in total. The Kier molecular flexibility index (Phi) is 13.8. The van der Waals surface area contributed by atoms with Crippen LogP contribution in [-0.2, 0) is 24.4 Å². The number of aryl methyl sites for hydroxylation is 1. The largest absolute Gasteiger partial charge is 0.487 e. The van der Waals surface area contributed by atoms with Gasteiger partial charge in [0.05, 0.1) is 45.5 Å². The number of carboxylic acids is 1. The summed E-state index contributed by atoms with van der Waals surface area (Å²) < 4.78 is 14.7. The fourth-order valence-electron chi connectivity index (χ4n) is 5.53. The first kappa shape index (κ1) is 41.4. The van der Waals surface area contributed by atoms with Crippen LogP contribution >= 0.6 is 11.8 Å². The van der Waals surface area contributed by atoms with Crippen molar-refractivity contribution in [2.24, 2.45) is 5.41 Å². The fraction of sp³-hybridized carbons (Fsp3) is 0.419. The molecule has 0 radical (unpaired) electrons. The van der Waals surface area contributed by atoms with Gasteiger partial charge in [0.15, 0.2) is 0 Å². The van der Waals surface area contributed by atoms with E-state index in [4.69, 9.17) is 14.6 Å². The zero-order valence-electron chi connectivity index (χ0n) is 33.1. The highest BCUT2D eigenvalue weighted by atomic mass is 32.2. The van der Waals surface area contributed by atoms with E-state index >= 15 is 0 Å². The maximum absolute atomic E-state index is 12.4. The molecule has 2 N–H and O–H groups in total. The van der Waals surface area contributed by atoms with Crippen LogP contribution < -0.4 is 9.47 Å². The summed E-state index contributed by atoms with van der Waals surface area (Å²) in [5.74, 6) is 0.544. The molecule has 0 fully saturated rings. The molecule has 0 amide bonds. The minimum atomic E-state index is -0.958. The highest BCUT2D eigenvalue weighted by Crippen LogP contribution is 2.44. The molecule has 0 bridgehead atoms. The van der Waals surface area contributed by atoms with Crippen molar-refractivity contribution in [3.8, 4) is 22.8 Å². The monoisotopic (exact) mass is 741 g/mol. The van der Waals surface area contributed by atoms with Crippen LogP contribution in [0, 0.1) is 12.3 Å². The van der Waals surface area contributed by atoms with Crippen molar-refractivity contribution in [2.75, 3.05) is 40.9 Å². The van der Waals surface area contributed by atoms with E-state index in [-0.39, 0.29) is 11.4 Å². The summed E-state index contributed by atoms with van der Waals surface area (Å²) >= 11 is 1.77. The summed E-state index contributed by atoms with van der Waals surface area (Å²) in [6.07, 6.45) is 4.06. The Bertz CT molecular complexity index is 1940. The quantitative estimate of drug-likeness (QED) is 0.0861. The van der Waals surface area contributed by atoms with Crippen molar-refractivity contribution in [3.05, 3.63) is 102 Å². The second-order valence-corrected chi connectivity index (χ2v) is 17.8. The predicted molar refractivity (Wildman–Crippen MR) is 216 cm³/mol. The lowest BCUT2D eigenvalue weighted by Gasteiger charge is -2.24. The number of ether oxygens (including phenoxy) is 2. The SMILES string of the molecule is CCOc1ccc(-c2ccc(Cn3c(CC(C)(C)C(=O)O)c(SC(C)(C)C)c4cc(OCc5ccc(C)cn5)ccc43)cc2)cn1.C[N+](C)(C)CCO. The smallest absolute Gasteiger partial charge is 0.309 e. The van der Waals surface area contributed by atoms with E-state index in [0.29, 0.717) is 32.1 Å². The van der Waals surface area contributed by atoms with Crippen LogP contribution in [0.4, 0.5) is 0 Å². The first-order valence-corrected chi connectivity index (χ1v) is 18.9. The molecular weight excluding hydrogens is 685 g/mol. The van der Waals surface area contributed by atoms with Gasteiger partial charge >= 0.3 is 5.97 Å². The van der Waals surface area contributed by atoms with Crippen molar-refractivity contribution in [2.45, 2.75) is 77.7 Å². The van der Waals surface area contributed by atoms with Crippen LogP contribution in [0.1, 0.15) is 64.1 Å². The summed E-state index contributed by atoms with van der Waals surface area (Å²) in [7, 11) is 6.16. The number of quaternary nitrogens is 1. The lowest BCUT2D eigenvalue weighted by atomic mass is 9.88. The molecule has 10 heteroatoms. The van der Waals surface area contributed by atoms with Gasteiger partial charge in [-0.15, -0.1) is 11.8 Å². The number of aliphatic hydroxyl groups excluding tert-OH is 1. The summed E-state index contributed by atoms with van der Waals surface area (Å²) in [6, 6.07) is 22.6. The zero-order valence-corrected chi connectivity index (χ0v) is 33.9. The summed E-state index contributed by atoms with van der Waals surface area (Å²) in [6.45, 7) is 16.8. The van der Waals surface area contributed by atoms with Crippen LogP contribution in [0.3, 0.4) is 0 Å². The van der Waals surface area contributed by atoms with Gasteiger partial charge in [0.1, 0.15) is 18.9 Å². The predicted octanol–water partition coefficient (Wildman–Crippen LogP) is 8.66. The van der Waals surface area contributed by atoms with Crippen molar-refractivity contribution >= 4 is 28.6 Å². The number of aromatic nitrogens is 3. The van der Waals surface area contributed by atoms with E-state index in [9.17, 15) is 9.90 Å². The van der Waals surface area contributed by atoms with E-state index < -0.39 is 11.4 Å². The number of carboxylic acid groups (broad SMARTS) is 1. The van der Waals surface area contributed by atoms with Crippen LogP contribution in [0.5, 0.6) is 11.6 Å². The molecule has 5 rings (SSSR count). The average molecular weight is 742 g/mol. The fourth-order valence-corrected chi connectivity index (χ4v) is 6.71. The van der Waals surface area contributed by atoms with Gasteiger partial charge in [0.2, 0.25) is 5.88 Å². The third-order valence-corrected chi connectivity index (χ3v) is 9.75.